The molecule has 0 saturated heterocycles. The van der Waals surface area contributed by atoms with E-state index in [4.69, 9.17) is 15.1 Å². The Morgan fingerprint density at radius 2 is 1.88 bits per heavy atom. The fourth-order valence-electron chi connectivity index (χ4n) is 2.31. The Hall–Kier alpha value is -2.56. The first-order valence-corrected chi connectivity index (χ1v) is 8.87. The maximum atomic E-state index is 11.3. The maximum Gasteiger partial charge on any atom is 0.238 e. The average Bonchev–Trinajstić information content (AvgIpc) is 2.52. The van der Waals surface area contributed by atoms with Crippen LogP contribution in [0.2, 0.25) is 0 Å². The number of rotatable bonds is 6. The maximum absolute atomic E-state index is 11.3. The molecule has 0 amide bonds. The van der Waals surface area contributed by atoms with Gasteiger partial charge in [0.15, 0.2) is 0 Å². The van der Waals surface area contributed by atoms with Crippen LogP contribution in [0.25, 0.3) is 0 Å². The first-order valence-electron chi connectivity index (χ1n) is 7.33. The molecule has 0 aromatic heterocycles. The summed E-state index contributed by atoms with van der Waals surface area (Å²) in [6.07, 6.45) is 0. The zero-order valence-electron chi connectivity index (χ0n) is 13.5. The number of primary sulfonamides is 1. The van der Waals surface area contributed by atoms with Gasteiger partial charge in [0, 0.05) is 6.54 Å². The lowest BCUT2D eigenvalue weighted by atomic mass is 10.1. The molecular formula is C17H19N3O3S. The second-order valence-corrected chi connectivity index (χ2v) is 6.92. The van der Waals surface area contributed by atoms with Crippen molar-refractivity contribution in [3.63, 3.8) is 0 Å². The van der Waals surface area contributed by atoms with Gasteiger partial charge in [0.25, 0.3) is 0 Å². The van der Waals surface area contributed by atoms with Crippen molar-refractivity contribution in [2.75, 3.05) is 18.5 Å². The summed E-state index contributed by atoms with van der Waals surface area (Å²) in [6, 6.07) is 12.0. The van der Waals surface area contributed by atoms with E-state index in [0.29, 0.717) is 18.8 Å². The number of ether oxygens (including phenoxy) is 1. The Balaban J connectivity index is 2.01. The van der Waals surface area contributed by atoms with E-state index in [0.717, 1.165) is 16.9 Å². The van der Waals surface area contributed by atoms with Gasteiger partial charge in [0.1, 0.15) is 18.4 Å². The normalized spacial score (nSPS) is 10.9. The Kier molecular flexibility index (Phi) is 5.44. The number of nitrogens with zero attached hydrogens (tertiary/aromatic N) is 1. The molecule has 3 N–H and O–H groups in total. The van der Waals surface area contributed by atoms with E-state index in [9.17, 15) is 8.42 Å². The summed E-state index contributed by atoms with van der Waals surface area (Å²) >= 11 is 0. The zero-order valence-corrected chi connectivity index (χ0v) is 14.4. The number of nitrogens with one attached hydrogen (secondary N) is 1. The Labute approximate surface area is 141 Å². The third kappa shape index (κ3) is 4.25. The van der Waals surface area contributed by atoms with Gasteiger partial charge in [-0.05, 0) is 43.2 Å². The van der Waals surface area contributed by atoms with Crippen molar-refractivity contribution < 1.29 is 13.2 Å². The lowest BCUT2D eigenvalue weighted by Crippen LogP contribution is -2.15. The molecule has 2 aromatic carbocycles. The fourth-order valence-corrected chi connectivity index (χ4v) is 2.85. The predicted molar refractivity (Wildman–Crippen MR) is 92.4 cm³/mol. The number of anilines is 1. The van der Waals surface area contributed by atoms with Crippen molar-refractivity contribution in [2.24, 2.45) is 5.14 Å². The second kappa shape index (κ2) is 7.34. The first-order chi connectivity index (χ1) is 11.3. The van der Waals surface area contributed by atoms with Crippen LogP contribution in [0.3, 0.4) is 0 Å². The van der Waals surface area contributed by atoms with Crippen molar-refractivity contribution in [2.45, 2.75) is 18.7 Å². The second-order valence-electron chi connectivity index (χ2n) is 5.36. The molecule has 0 radical (unpaired) electrons. The number of hydrogen-bond donors (Lipinski definition) is 2. The van der Waals surface area contributed by atoms with Crippen LogP contribution in [0.5, 0.6) is 5.75 Å². The van der Waals surface area contributed by atoms with Crippen LogP contribution in [-0.4, -0.2) is 21.6 Å². The van der Waals surface area contributed by atoms with Crippen LogP contribution in [0.4, 0.5) is 5.69 Å². The van der Waals surface area contributed by atoms with Gasteiger partial charge in [0.05, 0.1) is 16.1 Å². The smallest absolute Gasteiger partial charge is 0.238 e. The van der Waals surface area contributed by atoms with Crippen LogP contribution in [0.1, 0.15) is 16.7 Å². The molecule has 0 unspecified atom stereocenters. The van der Waals surface area contributed by atoms with Gasteiger partial charge in [0.2, 0.25) is 10.0 Å². The largest absolute Gasteiger partial charge is 0.491 e. The number of benzene rings is 2. The summed E-state index contributed by atoms with van der Waals surface area (Å²) in [7, 11) is -3.83. The molecule has 2 rings (SSSR count). The van der Waals surface area contributed by atoms with Gasteiger partial charge in [-0.1, -0.05) is 18.2 Å². The van der Waals surface area contributed by atoms with E-state index in [2.05, 4.69) is 5.32 Å². The van der Waals surface area contributed by atoms with Crippen molar-refractivity contribution >= 4 is 15.7 Å². The molecule has 0 aliphatic rings. The molecule has 0 saturated carbocycles. The SMILES string of the molecule is Cc1cccc(C)c1OCCNc1ccc(S(N)(=O)=O)cc1C#N. The molecular weight excluding hydrogens is 326 g/mol. The molecule has 2 aromatic rings. The number of para-hydroxylation sites is 1. The summed E-state index contributed by atoms with van der Waals surface area (Å²) in [5, 5.41) is 17.3. The fraction of sp³-hybridized carbons (Fsp3) is 0.235. The third-order valence-electron chi connectivity index (χ3n) is 3.51. The van der Waals surface area contributed by atoms with E-state index in [1.54, 1.807) is 0 Å². The van der Waals surface area contributed by atoms with Crippen LogP contribution < -0.4 is 15.2 Å². The van der Waals surface area contributed by atoms with Crippen LogP contribution in [0, 0.1) is 25.2 Å². The molecule has 0 aliphatic heterocycles. The monoisotopic (exact) mass is 345 g/mol. The summed E-state index contributed by atoms with van der Waals surface area (Å²) in [5.74, 6) is 0.851. The Morgan fingerprint density at radius 1 is 1.21 bits per heavy atom. The highest BCUT2D eigenvalue weighted by Gasteiger charge is 2.11. The first kappa shape index (κ1) is 17.8. The van der Waals surface area contributed by atoms with E-state index in [1.165, 1.54) is 18.2 Å². The number of nitrogens with two attached hydrogens (primary N) is 1. The van der Waals surface area contributed by atoms with Crippen molar-refractivity contribution in [1.29, 1.82) is 5.26 Å². The molecule has 24 heavy (non-hydrogen) atoms. The van der Waals surface area contributed by atoms with E-state index in [-0.39, 0.29) is 10.5 Å². The van der Waals surface area contributed by atoms with Gasteiger partial charge in [-0.15, -0.1) is 0 Å². The number of sulfonamides is 1. The highest BCUT2D eigenvalue weighted by molar-refractivity contribution is 7.89. The van der Waals surface area contributed by atoms with Gasteiger partial charge >= 0.3 is 0 Å². The highest BCUT2D eigenvalue weighted by atomic mass is 32.2. The van der Waals surface area contributed by atoms with Gasteiger partial charge in [-0.2, -0.15) is 5.26 Å². The summed E-state index contributed by atoms with van der Waals surface area (Å²) in [4.78, 5) is -0.0867. The van der Waals surface area contributed by atoms with Gasteiger partial charge in [-0.25, -0.2) is 13.6 Å². The molecule has 0 fully saturated rings. The molecule has 0 atom stereocenters. The topological polar surface area (TPSA) is 105 Å². The van der Waals surface area contributed by atoms with Crippen molar-refractivity contribution in [3.8, 4) is 11.8 Å². The van der Waals surface area contributed by atoms with Crippen LogP contribution in [0.15, 0.2) is 41.3 Å². The lowest BCUT2D eigenvalue weighted by Gasteiger charge is -2.13. The predicted octanol–water partition coefficient (Wildman–Crippen LogP) is 2.31. The molecule has 0 spiro atoms. The van der Waals surface area contributed by atoms with Crippen LogP contribution >= 0.6 is 0 Å². The van der Waals surface area contributed by atoms with E-state index >= 15 is 0 Å². The molecule has 0 bridgehead atoms. The molecule has 0 heterocycles. The minimum absolute atomic E-state index is 0.0867. The summed E-state index contributed by atoms with van der Waals surface area (Å²) in [5.41, 5.74) is 2.87. The number of hydrogen-bond acceptors (Lipinski definition) is 5. The third-order valence-corrected chi connectivity index (χ3v) is 4.42. The Bertz CT molecular complexity index is 866. The minimum atomic E-state index is -3.83. The summed E-state index contributed by atoms with van der Waals surface area (Å²) in [6.45, 7) is 4.84. The van der Waals surface area contributed by atoms with Crippen LogP contribution in [-0.2, 0) is 10.0 Å². The highest BCUT2D eigenvalue weighted by Crippen LogP contribution is 2.22. The summed E-state index contributed by atoms with van der Waals surface area (Å²) < 4.78 is 28.4. The van der Waals surface area contributed by atoms with E-state index in [1.807, 2.05) is 38.1 Å². The number of aryl methyl sites for hydroxylation is 2. The van der Waals surface area contributed by atoms with Crippen molar-refractivity contribution in [1.82, 2.24) is 0 Å². The van der Waals surface area contributed by atoms with Gasteiger partial charge < -0.3 is 10.1 Å². The number of nitriles is 1. The van der Waals surface area contributed by atoms with Crippen molar-refractivity contribution in [3.05, 3.63) is 53.1 Å². The van der Waals surface area contributed by atoms with E-state index < -0.39 is 10.0 Å². The molecule has 6 nitrogen and oxygen atoms in total. The van der Waals surface area contributed by atoms with Gasteiger partial charge in [-0.3, -0.25) is 0 Å². The standard InChI is InChI=1S/C17H19N3O3S/c1-12-4-3-5-13(2)17(12)23-9-8-20-16-7-6-15(24(19,21)22)10-14(16)11-18/h3-7,10,20H,8-9H2,1-2H3,(H2,19,21,22). The minimum Gasteiger partial charge on any atom is -0.491 e. The Morgan fingerprint density at radius 3 is 2.46 bits per heavy atom. The quantitative estimate of drug-likeness (QED) is 0.782. The lowest BCUT2D eigenvalue weighted by molar-refractivity contribution is 0.328. The molecule has 126 valence electrons. The molecule has 7 heteroatoms. The zero-order chi connectivity index (χ0) is 17.7. The molecule has 0 aliphatic carbocycles. The average molecular weight is 345 g/mol.